The van der Waals surface area contributed by atoms with Crippen molar-refractivity contribution < 1.29 is 4.79 Å². The lowest BCUT2D eigenvalue weighted by atomic mass is 10.1. The Balaban J connectivity index is 2.51. The van der Waals surface area contributed by atoms with Gasteiger partial charge in [-0.05, 0) is 24.1 Å². The van der Waals surface area contributed by atoms with Gasteiger partial charge in [0.05, 0.1) is 11.4 Å². The molecule has 0 radical (unpaired) electrons. The molecule has 0 fully saturated rings. The predicted octanol–water partition coefficient (Wildman–Crippen LogP) is 0.530. The number of nitrogens with two attached hydrogens (primary N) is 2. The fourth-order valence-electron chi connectivity index (χ4n) is 1.16. The molecule has 4 heteroatoms. The van der Waals surface area contributed by atoms with Crippen LogP contribution in [0.4, 0.5) is 11.4 Å². The molecule has 0 aliphatic rings. The Morgan fingerprint density at radius 3 is 2.64 bits per heavy atom. The first kappa shape index (κ1) is 10.4. The van der Waals surface area contributed by atoms with E-state index < -0.39 is 0 Å². The summed E-state index contributed by atoms with van der Waals surface area (Å²) in [6.07, 6.45) is 0.768. The third-order valence-electron chi connectivity index (χ3n) is 1.94. The van der Waals surface area contributed by atoms with Crippen LogP contribution in [0.3, 0.4) is 0 Å². The summed E-state index contributed by atoms with van der Waals surface area (Å²) in [5, 5.41) is 2.72. The molecule has 0 saturated carbocycles. The number of anilines is 2. The van der Waals surface area contributed by atoms with Gasteiger partial charge < -0.3 is 16.8 Å². The highest BCUT2D eigenvalue weighted by Crippen LogP contribution is 2.15. The van der Waals surface area contributed by atoms with Crippen molar-refractivity contribution in [3.8, 4) is 0 Å². The first-order chi connectivity index (χ1) is 6.59. The third-order valence-corrected chi connectivity index (χ3v) is 1.94. The van der Waals surface area contributed by atoms with Gasteiger partial charge in [0.15, 0.2) is 0 Å². The zero-order chi connectivity index (χ0) is 10.6. The maximum atomic E-state index is 10.6. The minimum absolute atomic E-state index is 0.0200. The number of hydrogen-bond acceptors (Lipinski definition) is 3. The third kappa shape index (κ3) is 2.97. The van der Waals surface area contributed by atoms with Gasteiger partial charge in [0.2, 0.25) is 5.91 Å². The van der Waals surface area contributed by atoms with Crippen molar-refractivity contribution in [3.63, 3.8) is 0 Å². The lowest BCUT2D eigenvalue weighted by Gasteiger charge is -2.05. The summed E-state index contributed by atoms with van der Waals surface area (Å²) in [6.45, 7) is 2.12. The molecule has 0 bridgehead atoms. The van der Waals surface area contributed by atoms with Crippen LogP contribution in [0.2, 0.25) is 0 Å². The molecule has 1 rings (SSSR count). The average Bonchev–Trinajstić information content (AvgIpc) is 2.10. The monoisotopic (exact) mass is 193 g/mol. The summed E-state index contributed by atoms with van der Waals surface area (Å²) in [5.74, 6) is -0.0200. The second kappa shape index (κ2) is 4.50. The van der Waals surface area contributed by atoms with Gasteiger partial charge in [-0.1, -0.05) is 6.07 Å². The van der Waals surface area contributed by atoms with Gasteiger partial charge in [0.25, 0.3) is 0 Å². The van der Waals surface area contributed by atoms with Crippen molar-refractivity contribution in [3.05, 3.63) is 23.8 Å². The van der Waals surface area contributed by atoms with Gasteiger partial charge in [-0.2, -0.15) is 0 Å². The Hall–Kier alpha value is -1.71. The minimum atomic E-state index is -0.0200. The molecular formula is C10H15N3O. The number of nitrogen functional groups attached to an aromatic ring is 2. The zero-order valence-electron chi connectivity index (χ0n) is 8.21. The second-order valence-electron chi connectivity index (χ2n) is 3.20. The fraction of sp³-hybridized carbons (Fsp3) is 0.300. The summed E-state index contributed by atoms with van der Waals surface area (Å²) in [4.78, 5) is 10.6. The smallest absolute Gasteiger partial charge is 0.216 e. The van der Waals surface area contributed by atoms with Crippen molar-refractivity contribution in [1.29, 1.82) is 0 Å². The van der Waals surface area contributed by atoms with E-state index in [1.165, 1.54) is 6.92 Å². The normalized spacial score (nSPS) is 9.79. The van der Waals surface area contributed by atoms with Gasteiger partial charge in [-0.15, -0.1) is 0 Å². The van der Waals surface area contributed by atoms with Crippen LogP contribution in [0.5, 0.6) is 0 Å². The Morgan fingerprint density at radius 1 is 1.36 bits per heavy atom. The van der Waals surface area contributed by atoms with Crippen LogP contribution in [0, 0.1) is 0 Å². The maximum absolute atomic E-state index is 10.6. The van der Waals surface area contributed by atoms with E-state index in [9.17, 15) is 4.79 Å². The molecule has 5 N–H and O–H groups in total. The largest absolute Gasteiger partial charge is 0.397 e. The molecule has 0 unspecified atom stereocenters. The van der Waals surface area contributed by atoms with Crippen LogP contribution in [0.1, 0.15) is 12.5 Å². The van der Waals surface area contributed by atoms with E-state index >= 15 is 0 Å². The molecular weight excluding hydrogens is 178 g/mol. The molecule has 1 aromatic rings. The highest BCUT2D eigenvalue weighted by atomic mass is 16.1. The Morgan fingerprint density at radius 2 is 2.07 bits per heavy atom. The molecule has 14 heavy (non-hydrogen) atoms. The summed E-state index contributed by atoms with van der Waals surface area (Å²) in [7, 11) is 0. The molecule has 0 atom stereocenters. The number of hydrogen-bond donors (Lipinski definition) is 3. The molecule has 1 amide bonds. The Labute approximate surface area is 83.3 Å². The first-order valence-corrected chi connectivity index (χ1v) is 4.48. The molecule has 76 valence electrons. The summed E-state index contributed by atoms with van der Waals surface area (Å²) in [5.41, 5.74) is 13.5. The molecule has 0 aliphatic heterocycles. The Kier molecular flexibility index (Phi) is 3.34. The molecule has 0 aliphatic carbocycles. The maximum Gasteiger partial charge on any atom is 0.216 e. The fourth-order valence-corrected chi connectivity index (χ4v) is 1.16. The van der Waals surface area contributed by atoms with Gasteiger partial charge in [-0.3, -0.25) is 4.79 Å². The average molecular weight is 193 g/mol. The number of amides is 1. The van der Waals surface area contributed by atoms with Gasteiger partial charge in [0, 0.05) is 13.5 Å². The quantitative estimate of drug-likeness (QED) is 0.612. The van der Waals surface area contributed by atoms with Gasteiger partial charge in [0.1, 0.15) is 0 Å². The van der Waals surface area contributed by atoms with E-state index in [2.05, 4.69) is 5.32 Å². The topological polar surface area (TPSA) is 81.1 Å². The van der Waals surface area contributed by atoms with Crippen LogP contribution < -0.4 is 16.8 Å². The Bertz CT molecular complexity index is 336. The molecule has 0 saturated heterocycles. The molecule has 0 heterocycles. The highest BCUT2D eigenvalue weighted by molar-refractivity contribution is 5.72. The van der Waals surface area contributed by atoms with Crippen molar-refractivity contribution in [2.75, 3.05) is 18.0 Å². The van der Waals surface area contributed by atoms with Crippen molar-refractivity contribution >= 4 is 17.3 Å². The number of carbonyl (C=O) groups is 1. The van der Waals surface area contributed by atoms with E-state index in [4.69, 9.17) is 11.5 Å². The minimum Gasteiger partial charge on any atom is -0.397 e. The molecule has 0 spiro atoms. The van der Waals surface area contributed by atoms with E-state index in [0.717, 1.165) is 12.0 Å². The summed E-state index contributed by atoms with van der Waals surface area (Å²) >= 11 is 0. The zero-order valence-corrected chi connectivity index (χ0v) is 8.21. The van der Waals surface area contributed by atoms with Gasteiger partial charge >= 0.3 is 0 Å². The lowest BCUT2D eigenvalue weighted by molar-refractivity contribution is -0.118. The van der Waals surface area contributed by atoms with Crippen LogP contribution in [-0.2, 0) is 11.2 Å². The molecule has 4 nitrogen and oxygen atoms in total. The number of nitrogens with one attached hydrogen (secondary N) is 1. The SMILES string of the molecule is CC(=O)NCCc1ccc(N)c(N)c1. The molecule has 1 aromatic carbocycles. The van der Waals surface area contributed by atoms with Crippen LogP contribution in [0.25, 0.3) is 0 Å². The van der Waals surface area contributed by atoms with E-state index in [-0.39, 0.29) is 5.91 Å². The van der Waals surface area contributed by atoms with Crippen molar-refractivity contribution in [2.24, 2.45) is 0 Å². The first-order valence-electron chi connectivity index (χ1n) is 4.48. The lowest BCUT2D eigenvalue weighted by Crippen LogP contribution is -2.22. The van der Waals surface area contributed by atoms with Gasteiger partial charge in [-0.25, -0.2) is 0 Å². The second-order valence-corrected chi connectivity index (χ2v) is 3.20. The van der Waals surface area contributed by atoms with Crippen LogP contribution >= 0.6 is 0 Å². The summed E-state index contributed by atoms with van der Waals surface area (Å²) in [6, 6.07) is 5.52. The predicted molar refractivity (Wildman–Crippen MR) is 57.7 cm³/mol. The van der Waals surface area contributed by atoms with Crippen molar-refractivity contribution in [2.45, 2.75) is 13.3 Å². The number of benzene rings is 1. The van der Waals surface area contributed by atoms with E-state index in [0.29, 0.717) is 17.9 Å². The molecule has 0 aromatic heterocycles. The van der Waals surface area contributed by atoms with Crippen molar-refractivity contribution in [1.82, 2.24) is 5.32 Å². The standard InChI is InChI=1S/C10H15N3O/c1-7(14)13-5-4-8-2-3-9(11)10(12)6-8/h2-3,6H,4-5,11-12H2,1H3,(H,13,14). The number of rotatable bonds is 3. The van der Waals surface area contributed by atoms with Crippen LogP contribution in [0.15, 0.2) is 18.2 Å². The highest BCUT2D eigenvalue weighted by Gasteiger charge is 1.97. The van der Waals surface area contributed by atoms with E-state index in [1.54, 1.807) is 6.07 Å². The number of carbonyl (C=O) groups excluding carboxylic acids is 1. The summed E-state index contributed by atoms with van der Waals surface area (Å²) < 4.78 is 0. The van der Waals surface area contributed by atoms with E-state index in [1.807, 2.05) is 12.1 Å². The van der Waals surface area contributed by atoms with Crippen LogP contribution in [-0.4, -0.2) is 12.5 Å².